The summed E-state index contributed by atoms with van der Waals surface area (Å²) in [4.78, 5) is 4.27. The second-order valence-corrected chi connectivity index (χ2v) is 4.46. The standard InChI is InChI=1S/C13H14FN3O2/c14-10-3-1-2-4-11(10)18-8-12-16-13(19-17-12)9-5-6-15-7-9/h1-4,9,15H,5-8H2/t9-/m0/s1. The number of ether oxygens (including phenoxy) is 1. The van der Waals surface area contributed by atoms with Crippen LogP contribution < -0.4 is 10.1 Å². The zero-order chi connectivity index (χ0) is 13.1. The van der Waals surface area contributed by atoms with Crippen molar-refractivity contribution in [3.8, 4) is 5.75 Å². The van der Waals surface area contributed by atoms with Gasteiger partial charge in [-0.25, -0.2) is 4.39 Å². The molecule has 100 valence electrons. The molecule has 0 amide bonds. The highest BCUT2D eigenvalue weighted by Crippen LogP contribution is 2.21. The lowest BCUT2D eigenvalue weighted by Gasteiger charge is -2.03. The molecular weight excluding hydrogens is 249 g/mol. The number of rotatable bonds is 4. The van der Waals surface area contributed by atoms with Gasteiger partial charge in [-0.2, -0.15) is 4.98 Å². The molecule has 0 saturated carbocycles. The summed E-state index contributed by atoms with van der Waals surface area (Å²) in [6.07, 6.45) is 0.996. The SMILES string of the molecule is Fc1ccccc1OCc1noc([C@H]2CCNC2)n1. The van der Waals surface area contributed by atoms with Crippen LogP contribution in [0.15, 0.2) is 28.8 Å². The van der Waals surface area contributed by atoms with Crippen LogP contribution in [-0.4, -0.2) is 23.2 Å². The van der Waals surface area contributed by atoms with Crippen molar-refractivity contribution in [1.29, 1.82) is 0 Å². The van der Waals surface area contributed by atoms with Gasteiger partial charge in [0.25, 0.3) is 0 Å². The Balaban J connectivity index is 1.63. The summed E-state index contributed by atoms with van der Waals surface area (Å²) in [5, 5.41) is 7.08. The molecule has 3 rings (SSSR count). The molecule has 1 aromatic heterocycles. The van der Waals surface area contributed by atoms with Crippen LogP contribution in [0.1, 0.15) is 24.1 Å². The Bertz CT molecular complexity index is 552. The number of hydrogen-bond donors (Lipinski definition) is 1. The van der Waals surface area contributed by atoms with Crippen LogP contribution in [0, 0.1) is 5.82 Å². The van der Waals surface area contributed by atoms with Crippen molar-refractivity contribution in [3.05, 3.63) is 41.8 Å². The number of nitrogens with zero attached hydrogens (tertiary/aromatic N) is 2. The lowest BCUT2D eigenvalue weighted by Crippen LogP contribution is -2.08. The second-order valence-electron chi connectivity index (χ2n) is 4.46. The van der Waals surface area contributed by atoms with E-state index in [0.29, 0.717) is 11.7 Å². The molecule has 1 aliphatic heterocycles. The summed E-state index contributed by atoms with van der Waals surface area (Å²) >= 11 is 0. The topological polar surface area (TPSA) is 60.2 Å². The molecule has 1 atom stereocenters. The molecule has 1 aromatic carbocycles. The van der Waals surface area contributed by atoms with Gasteiger partial charge < -0.3 is 14.6 Å². The Morgan fingerprint density at radius 3 is 3.11 bits per heavy atom. The van der Waals surface area contributed by atoms with Crippen LogP contribution in [0.25, 0.3) is 0 Å². The molecule has 1 saturated heterocycles. The van der Waals surface area contributed by atoms with E-state index in [1.54, 1.807) is 18.2 Å². The van der Waals surface area contributed by atoms with E-state index in [0.717, 1.165) is 19.5 Å². The molecule has 0 radical (unpaired) electrons. The minimum absolute atomic E-state index is 0.102. The minimum atomic E-state index is -0.397. The second kappa shape index (κ2) is 5.36. The minimum Gasteiger partial charge on any atom is -0.482 e. The van der Waals surface area contributed by atoms with Gasteiger partial charge in [-0.3, -0.25) is 0 Å². The summed E-state index contributed by atoms with van der Waals surface area (Å²) < 4.78 is 23.9. The van der Waals surface area contributed by atoms with Gasteiger partial charge in [-0.1, -0.05) is 17.3 Å². The van der Waals surface area contributed by atoms with Gasteiger partial charge in [-0.15, -0.1) is 0 Å². The maximum atomic E-state index is 13.3. The third-order valence-electron chi connectivity index (χ3n) is 3.09. The number of halogens is 1. The van der Waals surface area contributed by atoms with Crippen molar-refractivity contribution >= 4 is 0 Å². The molecule has 1 aliphatic rings. The zero-order valence-electron chi connectivity index (χ0n) is 10.3. The van der Waals surface area contributed by atoms with Crippen molar-refractivity contribution in [1.82, 2.24) is 15.5 Å². The Morgan fingerprint density at radius 2 is 2.32 bits per heavy atom. The first-order valence-corrected chi connectivity index (χ1v) is 6.23. The predicted molar refractivity (Wildman–Crippen MR) is 65.3 cm³/mol. The van der Waals surface area contributed by atoms with Gasteiger partial charge >= 0.3 is 0 Å². The fourth-order valence-electron chi connectivity index (χ4n) is 2.06. The predicted octanol–water partition coefficient (Wildman–Crippen LogP) is 1.86. The molecular formula is C13H14FN3O2. The molecule has 19 heavy (non-hydrogen) atoms. The summed E-state index contributed by atoms with van der Waals surface area (Å²) in [6.45, 7) is 1.93. The van der Waals surface area contributed by atoms with Crippen molar-refractivity contribution < 1.29 is 13.7 Å². The van der Waals surface area contributed by atoms with Crippen molar-refractivity contribution in [2.24, 2.45) is 0 Å². The first kappa shape index (κ1) is 12.1. The Kier molecular flexibility index (Phi) is 3.41. The van der Waals surface area contributed by atoms with Crippen LogP contribution in [0.4, 0.5) is 4.39 Å². The molecule has 2 heterocycles. The van der Waals surface area contributed by atoms with Crippen LogP contribution in [0.5, 0.6) is 5.75 Å². The van der Waals surface area contributed by atoms with E-state index in [4.69, 9.17) is 9.26 Å². The van der Waals surface area contributed by atoms with Gasteiger partial charge in [0.15, 0.2) is 18.2 Å². The highest BCUT2D eigenvalue weighted by atomic mass is 19.1. The average molecular weight is 263 g/mol. The highest BCUT2D eigenvalue weighted by molar-refractivity contribution is 5.23. The maximum absolute atomic E-state index is 13.3. The third-order valence-corrected chi connectivity index (χ3v) is 3.09. The summed E-state index contributed by atoms with van der Waals surface area (Å²) in [5.74, 6) is 1.12. The molecule has 0 bridgehead atoms. The summed E-state index contributed by atoms with van der Waals surface area (Å²) in [5.41, 5.74) is 0. The number of aromatic nitrogens is 2. The van der Waals surface area contributed by atoms with Gasteiger partial charge in [0.05, 0.1) is 5.92 Å². The molecule has 1 N–H and O–H groups in total. The van der Waals surface area contributed by atoms with Crippen molar-refractivity contribution in [3.63, 3.8) is 0 Å². The zero-order valence-corrected chi connectivity index (χ0v) is 10.3. The van der Waals surface area contributed by atoms with E-state index in [9.17, 15) is 4.39 Å². The van der Waals surface area contributed by atoms with E-state index < -0.39 is 5.82 Å². The first-order chi connectivity index (χ1) is 9.33. The maximum Gasteiger partial charge on any atom is 0.231 e. The lowest BCUT2D eigenvalue weighted by atomic mass is 10.1. The fraction of sp³-hybridized carbons (Fsp3) is 0.385. The molecule has 6 heteroatoms. The van der Waals surface area contributed by atoms with E-state index in [1.165, 1.54) is 6.07 Å². The molecule has 0 aliphatic carbocycles. The number of para-hydroxylation sites is 1. The number of benzene rings is 1. The quantitative estimate of drug-likeness (QED) is 0.912. The first-order valence-electron chi connectivity index (χ1n) is 6.23. The third kappa shape index (κ3) is 2.73. The lowest BCUT2D eigenvalue weighted by molar-refractivity contribution is 0.272. The van der Waals surface area contributed by atoms with E-state index in [-0.39, 0.29) is 18.3 Å². The van der Waals surface area contributed by atoms with Crippen molar-refractivity contribution in [2.45, 2.75) is 18.9 Å². The average Bonchev–Trinajstić information content (AvgIpc) is 3.09. The summed E-state index contributed by atoms with van der Waals surface area (Å²) in [6, 6.07) is 6.24. The molecule has 0 unspecified atom stereocenters. The number of nitrogens with one attached hydrogen (secondary N) is 1. The van der Waals surface area contributed by atoms with Crippen LogP contribution in [0.2, 0.25) is 0 Å². The number of hydrogen-bond acceptors (Lipinski definition) is 5. The van der Waals surface area contributed by atoms with Gasteiger partial charge in [0.1, 0.15) is 0 Å². The Hall–Kier alpha value is -1.95. The van der Waals surface area contributed by atoms with Gasteiger partial charge in [0.2, 0.25) is 11.7 Å². The van der Waals surface area contributed by atoms with Crippen LogP contribution >= 0.6 is 0 Å². The van der Waals surface area contributed by atoms with E-state index in [2.05, 4.69) is 15.5 Å². The van der Waals surface area contributed by atoms with Gasteiger partial charge in [-0.05, 0) is 25.1 Å². The normalized spacial score (nSPS) is 18.7. The largest absolute Gasteiger partial charge is 0.482 e. The van der Waals surface area contributed by atoms with Crippen LogP contribution in [-0.2, 0) is 6.61 Å². The molecule has 2 aromatic rings. The van der Waals surface area contributed by atoms with Crippen molar-refractivity contribution in [2.75, 3.05) is 13.1 Å². The fourth-order valence-corrected chi connectivity index (χ4v) is 2.06. The molecule has 5 nitrogen and oxygen atoms in total. The van der Waals surface area contributed by atoms with Crippen LogP contribution in [0.3, 0.4) is 0 Å². The smallest absolute Gasteiger partial charge is 0.231 e. The Labute approximate surface area is 109 Å². The Morgan fingerprint density at radius 1 is 1.42 bits per heavy atom. The monoisotopic (exact) mass is 263 g/mol. The van der Waals surface area contributed by atoms with E-state index >= 15 is 0 Å². The van der Waals surface area contributed by atoms with Gasteiger partial charge in [0, 0.05) is 6.54 Å². The summed E-state index contributed by atoms with van der Waals surface area (Å²) in [7, 11) is 0. The van der Waals surface area contributed by atoms with E-state index in [1.807, 2.05) is 0 Å². The molecule has 1 fully saturated rings. The highest BCUT2D eigenvalue weighted by Gasteiger charge is 2.22. The molecule has 0 spiro atoms.